The van der Waals surface area contributed by atoms with Crippen LogP contribution in [0.5, 0.6) is 0 Å². The normalized spacial score (nSPS) is 10.4. The average molecular weight is 289 g/mol. The number of hydrogen-bond acceptors (Lipinski definition) is 4. The van der Waals surface area contributed by atoms with E-state index in [1.165, 1.54) is 35.5 Å². The van der Waals surface area contributed by atoms with Crippen molar-refractivity contribution in [3.63, 3.8) is 0 Å². The summed E-state index contributed by atoms with van der Waals surface area (Å²) < 4.78 is 1.65. The SMILES string of the molecule is Cn1cnc(C(=O)N(CCO)c2ccc(C(=O)O)cc2)c1. The molecule has 2 aromatic rings. The summed E-state index contributed by atoms with van der Waals surface area (Å²) in [5.74, 6) is -1.39. The van der Waals surface area contributed by atoms with Crippen LogP contribution in [0.1, 0.15) is 20.8 Å². The van der Waals surface area contributed by atoms with Gasteiger partial charge >= 0.3 is 5.97 Å². The molecule has 7 heteroatoms. The molecule has 0 saturated carbocycles. The van der Waals surface area contributed by atoms with Crippen molar-refractivity contribution in [2.24, 2.45) is 7.05 Å². The van der Waals surface area contributed by atoms with Crippen LogP contribution in [0.4, 0.5) is 5.69 Å². The predicted molar refractivity (Wildman–Crippen MR) is 75.4 cm³/mol. The molecular formula is C14H15N3O4. The number of amides is 1. The summed E-state index contributed by atoms with van der Waals surface area (Å²) >= 11 is 0. The highest BCUT2D eigenvalue weighted by Crippen LogP contribution is 2.17. The zero-order valence-corrected chi connectivity index (χ0v) is 11.4. The summed E-state index contributed by atoms with van der Waals surface area (Å²) in [4.78, 5) is 28.6. The van der Waals surface area contributed by atoms with Crippen LogP contribution in [-0.2, 0) is 7.05 Å². The van der Waals surface area contributed by atoms with Gasteiger partial charge in [0, 0.05) is 25.5 Å². The van der Waals surface area contributed by atoms with Gasteiger partial charge in [-0.05, 0) is 24.3 Å². The molecule has 0 aliphatic heterocycles. The molecule has 1 heterocycles. The number of imidazole rings is 1. The molecule has 110 valence electrons. The Balaban J connectivity index is 2.29. The zero-order chi connectivity index (χ0) is 15.4. The number of carboxylic acid groups (broad SMARTS) is 1. The van der Waals surface area contributed by atoms with Crippen LogP contribution in [0.3, 0.4) is 0 Å². The molecule has 2 rings (SSSR count). The summed E-state index contributed by atoms with van der Waals surface area (Å²) in [7, 11) is 1.75. The fraction of sp³-hybridized carbons (Fsp3) is 0.214. The number of anilines is 1. The van der Waals surface area contributed by atoms with Crippen molar-refractivity contribution in [2.75, 3.05) is 18.1 Å². The van der Waals surface area contributed by atoms with Crippen molar-refractivity contribution in [3.8, 4) is 0 Å². The van der Waals surface area contributed by atoms with E-state index in [-0.39, 0.29) is 30.3 Å². The third-order valence-corrected chi connectivity index (χ3v) is 2.92. The number of carbonyl (C=O) groups is 2. The molecule has 0 bridgehead atoms. The number of carboxylic acids is 1. The lowest BCUT2D eigenvalue weighted by Gasteiger charge is -2.21. The van der Waals surface area contributed by atoms with Gasteiger partial charge < -0.3 is 19.7 Å². The minimum absolute atomic E-state index is 0.0990. The number of aromatic carboxylic acids is 1. The number of aliphatic hydroxyl groups is 1. The van der Waals surface area contributed by atoms with E-state index < -0.39 is 5.97 Å². The average Bonchev–Trinajstić information content (AvgIpc) is 2.91. The van der Waals surface area contributed by atoms with Crippen molar-refractivity contribution >= 4 is 17.6 Å². The molecule has 0 radical (unpaired) electrons. The van der Waals surface area contributed by atoms with Crippen LogP contribution in [0.2, 0.25) is 0 Å². The van der Waals surface area contributed by atoms with Crippen LogP contribution < -0.4 is 4.90 Å². The molecule has 0 aliphatic rings. The van der Waals surface area contributed by atoms with E-state index in [0.29, 0.717) is 5.69 Å². The number of carbonyl (C=O) groups excluding carboxylic acids is 1. The molecule has 0 aliphatic carbocycles. The summed E-state index contributed by atoms with van der Waals surface area (Å²) in [6, 6.07) is 5.88. The van der Waals surface area contributed by atoms with Gasteiger partial charge in [-0.15, -0.1) is 0 Å². The number of nitrogens with zero attached hydrogens (tertiary/aromatic N) is 3. The Morgan fingerprint density at radius 3 is 2.43 bits per heavy atom. The Hall–Kier alpha value is -2.67. The first-order valence-corrected chi connectivity index (χ1v) is 6.27. The second-order valence-electron chi connectivity index (χ2n) is 4.46. The minimum Gasteiger partial charge on any atom is -0.478 e. The Kier molecular flexibility index (Phi) is 4.34. The van der Waals surface area contributed by atoms with Crippen LogP contribution in [-0.4, -0.2) is 44.8 Å². The van der Waals surface area contributed by atoms with E-state index in [1.54, 1.807) is 17.8 Å². The van der Waals surface area contributed by atoms with E-state index in [0.717, 1.165) is 0 Å². The lowest BCUT2D eigenvalue weighted by molar-refractivity contribution is 0.0696. The standard InChI is InChI=1S/C14H15N3O4/c1-16-8-12(15-9-16)13(19)17(6-7-18)11-4-2-10(3-5-11)14(20)21/h2-5,8-9,18H,6-7H2,1H3,(H,20,21). The van der Waals surface area contributed by atoms with Gasteiger partial charge in [0.15, 0.2) is 0 Å². The first-order chi connectivity index (χ1) is 10.0. The van der Waals surface area contributed by atoms with Gasteiger partial charge in [0.05, 0.1) is 18.5 Å². The van der Waals surface area contributed by atoms with E-state index in [1.807, 2.05) is 0 Å². The number of aromatic nitrogens is 2. The van der Waals surface area contributed by atoms with Crippen LogP contribution >= 0.6 is 0 Å². The van der Waals surface area contributed by atoms with Crippen molar-refractivity contribution in [1.82, 2.24) is 9.55 Å². The predicted octanol–water partition coefficient (Wildman–Crippen LogP) is 0.757. The lowest BCUT2D eigenvalue weighted by atomic mass is 10.2. The van der Waals surface area contributed by atoms with Crippen molar-refractivity contribution < 1.29 is 19.8 Å². The van der Waals surface area contributed by atoms with Crippen LogP contribution in [0.25, 0.3) is 0 Å². The first-order valence-electron chi connectivity index (χ1n) is 6.27. The van der Waals surface area contributed by atoms with Gasteiger partial charge in [0.25, 0.3) is 5.91 Å². The number of aryl methyl sites for hydroxylation is 1. The Morgan fingerprint density at radius 1 is 1.29 bits per heavy atom. The Labute approximate surface area is 121 Å². The van der Waals surface area contributed by atoms with Crippen molar-refractivity contribution in [2.45, 2.75) is 0 Å². The van der Waals surface area contributed by atoms with Crippen LogP contribution in [0.15, 0.2) is 36.8 Å². The molecule has 21 heavy (non-hydrogen) atoms. The number of hydrogen-bond donors (Lipinski definition) is 2. The van der Waals surface area contributed by atoms with Gasteiger partial charge in [0.1, 0.15) is 5.69 Å². The Morgan fingerprint density at radius 2 is 1.95 bits per heavy atom. The highest BCUT2D eigenvalue weighted by atomic mass is 16.4. The highest BCUT2D eigenvalue weighted by molar-refractivity contribution is 6.04. The van der Waals surface area contributed by atoms with E-state index in [9.17, 15) is 9.59 Å². The first kappa shape index (κ1) is 14.7. The minimum atomic E-state index is -1.04. The fourth-order valence-corrected chi connectivity index (χ4v) is 1.89. The molecule has 1 amide bonds. The van der Waals surface area contributed by atoms with Gasteiger partial charge in [-0.1, -0.05) is 0 Å². The van der Waals surface area contributed by atoms with E-state index >= 15 is 0 Å². The van der Waals surface area contributed by atoms with E-state index in [4.69, 9.17) is 10.2 Å². The second kappa shape index (κ2) is 6.19. The molecule has 0 atom stereocenters. The summed E-state index contributed by atoms with van der Waals surface area (Å²) in [5.41, 5.74) is 0.894. The third kappa shape index (κ3) is 3.26. The van der Waals surface area contributed by atoms with Crippen LogP contribution in [0, 0.1) is 0 Å². The topological polar surface area (TPSA) is 95.7 Å². The monoisotopic (exact) mass is 289 g/mol. The molecule has 0 spiro atoms. The maximum atomic E-state index is 12.4. The number of benzene rings is 1. The molecule has 0 fully saturated rings. The molecule has 1 aromatic heterocycles. The molecule has 2 N–H and O–H groups in total. The van der Waals surface area contributed by atoms with Gasteiger partial charge in [0.2, 0.25) is 0 Å². The quantitative estimate of drug-likeness (QED) is 0.847. The largest absolute Gasteiger partial charge is 0.478 e. The van der Waals surface area contributed by atoms with Gasteiger partial charge in [-0.25, -0.2) is 9.78 Å². The summed E-state index contributed by atoms with van der Waals surface area (Å²) in [5, 5.41) is 18.0. The van der Waals surface area contributed by atoms with E-state index in [2.05, 4.69) is 4.98 Å². The number of rotatable bonds is 5. The van der Waals surface area contributed by atoms with Gasteiger partial charge in [-0.3, -0.25) is 4.79 Å². The van der Waals surface area contributed by atoms with Gasteiger partial charge in [-0.2, -0.15) is 0 Å². The summed E-state index contributed by atoms with van der Waals surface area (Å²) in [6.45, 7) is -0.110. The molecule has 7 nitrogen and oxygen atoms in total. The smallest absolute Gasteiger partial charge is 0.335 e. The second-order valence-corrected chi connectivity index (χ2v) is 4.46. The molecular weight excluding hydrogens is 274 g/mol. The maximum absolute atomic E-state index is 12.4. The molecule has 1 aromatic carbocycles. The lowest BCUT2D eigenvalue weighted by Crippen LogP contribution is -2.33. The molecule has 0 saturated heterocycles. The zero-order valence-electron chi connectivity index (χ0n) is 11.4. The number of aliphatic hydroxyl groups excluding tert-OH is 1. The highest BCUT2D eigenvalue weighted by Gasteiger charge is 2.19. The molecule has 0 unspecified atom stereocenters. The Bertz CT molecular complexity index is 648. The fourth-order valence-electron chi connectivity index (χ4n) is 1.89. The van der Waals surface area contributed by atoms with Crippen molar-refractivity contribution in [3.05, 3.63) is 48.0 Å². The maximum Gasteiger partial charge on any atom is 0.335 e. The summed E-state index contributed by atoms with van der Waals surface area (Å²) in [6.07, 6.45) is 3.09. The third-order valence-electron chi connectivity index (χ3n) is 2.92. The van der Waals surface area contributed by atoms with Crippen molar-refractivity contribution in [1.29, 1.82) is 0 Å².